The second kappa shape index (κ2) is 4.45. The van der Waals surface area contributed by atoms with E-state index in [9.17, 15) is 13.2 Å². The quantitative estimate of drug-likeness (QED) is 0.782. The molecule has 0 saturated heterocycles. The van der Waals surface area contributed by atoms with Crippen LogP contribution in [0.1, 0.15) is 11.3 Å². The van der Waals surface area contributed by atoms with E-state index < -0.39 is 11.9 Å². The average molecular weight is 238 g/mol. The first kappa shape index (κ1) is 11.4. The molecular weight excluding hydrogens is 229 g/mol. The summed E-state index contributed by atoms with van der Waals surface area (Å²) in [6.07, 6.45) is 0.0336. The lowest BCUT2D eigenvalue weighted by atomic mass is 10.2. The smallest absolute Gasteiger partial charge is 0.248 e. The van der Waals surface area contributed by atoms with Crippen LogP contribution in [0.5, 0.6) is 0 Å². The van der Waals surface area contributed by atoms with E-state index in [-0.39, 0.29) is 0 Å². The van der Waals surface area contributed by atoms with Gasteiger partial charge in [0.15, 0.2) is 5.69 Å². The lowest BCUT2D eigenvalue weighted by Gasteiger charge is -1.99. The van der Waals surface area contributed by atoms with Crippen molar-refractivity contribution in [1.29, 1.82) is 0 Å². The Morgan fingerprint density at radius 2 is 1.76 bits per heavy atom. The number of hydrogen-bond acceptors (Lipinski definition) is 1. The molecule has 0 bridgehead atoms. The van der Waals surface area contributed by atoms with Crippen LogP contribution in [0, 0.1) is 0 Å². The molecule has 5 heteroatoms. The molecule has 0 spiro atoms. The number of nitrogens with zero attached hydrogens (tertiary/aromatic N) is 2. The van der Waals surface area contributed by atoms with Gasteiger partial charge < -0.3 is 0 Å². The van der Waals surface area contributed by atoms with E-state index in [0.29, 0.717) is 0 Å². The average Bonchev–Trinajstić information content (AvgIpc) is 2.76. The Morgan fingerprint density at radius 1 is 1.06 bits per heavy atom. The van der Waals surface area contributed by atoms with Crippen LogP contribution in [0.15, 0.2) is 42.6 Å². The highest BCUT2D eigenvalue weighted by molar-refractivity contribution is 5.59. The normalized spacial score (nSPS) is 12.2. The Morgan fingerprint density at radius 3 is 2.35 bits per heavy atom. The summed E-state index contributed by atoms with van der Waals surface area (Å²) in [5, 5.41) is 3.40. The molecule has 0 atom stereocenters. The van der Waals surface area contributed by atoms with Crippen molar-refractivity contribution in [3.05, 3.63) is 53.9 Å². The zero-order chi connectivity index (χ0) is 12.3. The molecule has 88 valence electrons. The molecule has 1 aromatic heterocycles. The fraction of sp³-hybridized carbons (Fsp3) is 0.0833. The standard InChI is InChI=1S/C12H9F3N2/c13-12(14,15)11-7-9-17(16-11)8-6-10-4-2-1-3-5-10/h1-9H. The van der Waals surface area contributed by atoms with Crippen molar-refractivity contribution in [2.24, 2.45) is 0 Å². The van der Waals surface area contributed by atoms with Gasteiger partial charge in [-0.2, -0.15) is 18.3 Å². The van der Waals surface area contributed by atoms with Gasteiger partial charge >= 0.3 is 6.18 Å². The molecule has 0 aliphatic heterocycles. The molecule has 1 aromatic carbocycles. The number of halogens is 3. The molecule has 0 fully saturated rings. The zero-order valence-electron chi connectivity index (χ0n) is 8.72. The monoisotopic (exact) mass is 238 g/mol. The van der Waals surface area contributed by atoms with Gasteiger partial charge in [-0.3, -0.25) is 0 Å². The molecule has 17 heavy (non-hydrogen) atoms. The predicted molar refractivity (Wildman–Crippen MR) is 58.9 cm³/mol. The summed E-state index contributed by atoms with van der Waals surface area (Å²) in [7, 11) is 0. The van der Waals surface area contributed by atoms with Crippen molar-refractivity contribution >= 4 is 12.3 Å². The van der Waals surface area contributed by atoms with Crippen LogP contribution >= 0.6 is 0 Å². The van der Waals surface area contributed by atoms with Gasteiger partial charge in [0, 0.05) is 12.4 Å². The summed E-state index contributed by atoms with van der Waals surface area (Å²) in [6, 6.07) is 10.2. The van der Waals surface area contributed by atoms with Crippen LogP contribution in [-0.2, 0) is 6.18 Å². The van der Waals surface area contributed by atoms with E-state index >= 15 is 0 Å². The van der Waals surface area contributed by atoms with Gasteiger partial charge in [0.25, 0.3) is 0 Å². The van der Waals surface area contributed by atoms with Crippen LogP contribution in [0.2, 0.25) is 0 Å². The summed E-state index contributed by atoms with van der Waals surface area (Å²) in [4.78, 5) is 0. The van der Waals surface area contributed by atoms with Gasteiger partial charge in [0.05, 0.1) is 0 Å². The number of aromatic nitrogens is 2. The van der Waals surface area contributed by atoms with Crippen LogP contribution < -0.4 is 0 Å². The van der Waals surface area contributed by atoms with E-state index in [2.05, 4.69) is 5.10 Å². The number of hydrogen-bond donors (Lipinski definition) is 0. The Balaban J connectivity index is 2.15. The maximum atomic E-state index is 12.3. The number of alkyl halides is 3. The third kappa shape index (κ3) is 2.96. The van der Waals surface area contributed by atoms with Crippen molar-refractivity contribution in [1.82, 2.24) is 9.78 Å². The third-order valence-electron chi connectivity index (χ3n) is 2.12. The molecule has 0 aliphatic carbocycles. The molecule has 2 nitrogen and oxygen atoms in total. The van der Waals surface area contributed by atoms with E-state index in [1.54, 1.807) is 6.08 Å². The van der Waals surface area contributed by atoms with Crippen LogP contribution in [0.3, 0.4) is 0 Å². The van der Waals surface area contributed by atoms with Gasteiger partial charge in [0.1, 0.15) is 0 Å². The molecule has 2 rings (SSSR count). The van der Waals surface area contributed by atoms with Gasteiger partial charge in [-0.1, -0.05) is 30.3 Å². The molecule has 2 aromatic rings. The lowest BCUT2D eigenvalue weighted by Crippen LogP contribution is -2.06. The molecule has 0 saturated carbocycles. The number of benzene rings is 1. The molecule has 0 radical (unpaired) electrons. The van der Waals surface area contributed by atoms with E-state index in [4.69, 9.17) is 0 Å². The molecule has 0 aliphatic rings. The number of rotatable bonds is 2. The summed E-state index contributed by atoms with van der Waals surface area (Å²) in [5.74, 6) is 0. The van der Waals surface area contributed by atoms with Crippen molar-refractivity contribution in [2.75, 3.05) is 0 Å². The van der Waals surface area contributed by atoms with Crippen molar-refractivity contribution < 1.29 is 13.2 Å². The van der Waals surface area contributed by atoms with E-state index in [0.717, 1.165) is 16.3 Å². The Labute approximate surface area is 96.0 Å². The SMILES string of the molecule is FC(F)(F)c1ccn(C=Cc2ccccc2)n1. The summed E-state index contributed by atoms with van der Waals surface area (Å²) < 4.78 is 37.9. The highest BCUT2D eigenvalue weighted by Crippen LogP contribution is 2.27. The van der Waals surface area contributed by atoms with E-state index in [1.807, 2.05) is 30.3 Å². The third-order valence-corrected chi connectivity index (χ3v) is 2.12. The largest absolute Gasteiger partial charge is 0.435 e. The minimum atomic E-state index is -4.40. The molecule has 0 N–H and O–H groups in total. The zero-order valence-corrected chi connectivity index (χ0v) is 8.72. The fourth-order valence-electron chi connectivity index (χ4n) is 1.30. The first-order valence-electron chi connectivity index (χ1n) is 4.91. The van der Waals surface area contributed by atoms with Gasteiger partial charge in [0.2, 0.25) is 0 Å². The lowest BCUT2D eigenvalue weighted by molar-refractivity contribution is -0.141. The Bertz CT molecular complexity index is 512. The first-order chi connectivity index (χ1) is 8.05. The maximum absolute atomic E-state index is 12.3. The summed E-state index contributed by atoms with van der Waals surface area (Å²) in [6.45, 7) is 0. The highest BCUT2D eigenvalue weighted by Gasteiger charge is 2.33. The van der Waals surface area contributed by atoms with Gasteiger partial charge in [-0.05, 0) is 17.7 Å². The minimum absolute atomic E-state index is 0.893. The van der Waals surface area contributed by atoms with E-state index in [1.165, 1.54) is 12.4 Å². The molecule has 1 heterocycles. The van der Waals surface area contributed by atoms with Crippen molar-refractivity contribution in [3.8, 4) is 0 Å². The maximum Gasteiger partial charge on any atom is 0.435 e. The minimum Gasteiger partial charge on any atom is -0.248 e. The van der Waals surface area contributed by atoms with Crippen molar-refractivity contribution in [3.63, 3.8) is 0 Å². The highest BCUT2D eigenvalue weighted by atomic mass is 19.4. The molecule has 0 amide bonds. The summed E-state index contributed by atoms with van der Waals surface area (Å²) in [5.41, 5.74) is 0.00627. The van der Waals surface area contributed by atoms with Crippen molar-refractivity contribution in [2.45, 2.75) is 6.18 Å². The summed E-state index contributed by atoms with van der Waals surface area (Å²) >= 11 is 0. The second-order valence-electron chi connectivity index (χ2n) is 3.41. The second-order valence-corrected chi connectivity index (χ2v) is 3.41. The van der Waals surface area contributed by atoms with Crippen LogP contribution in [0.25, 0.3) is 12.3 Å². The van der Waals surface area contributed by atoms with Crippen LogP contribution in [0.4, 0.5) is 13.2 Å². The topological polar surface area (TPSA) is 17.8 Å². The molecular formula is C12H9F3N2. The van der Waals surface area contributed by atoms with Gasteiger partial charge in [-0.25, -0.2) is 4.68 Å². The first-order valence-corrected chi connectivity index (χ1v) is 4.91. The predicted octanol–water partition coefficient (Wildman–Crippen LogP) is 3.53. The fourth-order valence-corrected chi connectivity index (χ4v) is 1.30. The van der Waals surface area contributed by atoms with Gasteiger partial charge in [-0.15, -0.1) is 0 Å². The Kier molecular flexibility index (Phi) is 2.99. The van der Waals surface area contributed by atoms with Crippen LogP contribution in [-0.4, -0.2) is 9.78 Å². The Hall–Kier alpha value is -2.04. The molecule has 0 unspecified atom stereocenters.